The maximum absolute atomic E-state index is 12.8. The van der Waals surface area contributed by atoms with Gasteiger partial charge in [0, 0.05) is 19.3 Å². The van der Waals surface area contributed by atoms with Crippen molar-refractivity contribution >= 4 is 17.9 Å². The summed E-state index contributed by atoms with van der Waals surface area (Å²) in [5, 5.41) is 0. The van der Waals surface area contributed by atoms with Crippen LogP contribution in [0.15, 0.2) is 97.2 Å². The molecule has 0 aromatic carbocycles. The quantitative estimate of drug-likeness (QED) is 0.0199. The van der Waals surface area contributed by atoms with E-state index in [1.54, 1.807) is 0 Å². The van der Waals surface area contributed by atoms with Crippen molar-refractivity contribution in [2.75, 3.05) is 13.2 Å². The molecule has 0 amide bonds. The summed E-state index contributed by atoms with van der Waals surface area (Å²) in [6.45, 7) is 6.42. The summed E-state index contributed by atoms with van der Waals surface area (Å²) in [5.41, 5.74) is 0. The molecule has 0 fully saturated rings. The van der Waals surface area contributed by atoms with Crippen molar-refractivity contribution in [3.05, 3.63) is 97.2 Å². The molecule has 6 heteroatoms. The molecule has 0 bridgehead atoms. The summed E-state index contributed by atoms with van der Waals surface area (Å²) in [6.07, 6.45) is 69.7. The smallest absolute Gasteiger partial charge is 0.306 e. The van der Waals surface area contributed by atoms with Crippen LogP contribution >= 0.6 is 0 Å². The Hall–Kier alpha value is -3.67. The van der Waals surface area contributed by atoms with Crippen LogP contribution in [0.2, 0.25) is 0 Å². The van der Waals surface area contributed by atoms with Gasteiger partial charge in [-0.15, -0.1) is 0 Å². The number of hydrogen-bond acceptors (Lipinski definition) is 6. The minimum Gasteiger partial charge on any atom is -0.462 e. The van der Waals surface area contributed by atoms with E-state index in [-0.39, 0.29) is 37.5 Å². The number of unbranched alkanes of at least 4 members (excludes halogenated alkanes) is 22. The Bertz CT molecular complexity index is 1310. The Morgan fingerprint density at radius 3 is 1.15 bits per heavy atom. The van der Waals surface area contributed by atoms with Crippen molar-refractivity contribution in [2.24, 2.45) is 0 Å². The van der Waals surface area contributed by atoms with Crippen molar-refractivity contribution in [2.45, 2.75) is 245 Å². The van der Waals surface area contributed by atoms with Crippen molar-refractivity contribution in [3.8, 4) is 0 Å². The highest BCUT2D eigenvalue weighted by atomic mass is 16.6. The van der Waals surface area contributed by atoms with Gasteiger partial charge in [0.1, 0.15) is 13.2 Å². The molecule has 1 atom stereocenters. The van der Waals surface area contributed by atoms with E-state index < -0.39 is 6.10 Å². The molecule has 0 aliphatic heterocycles. The number of hydrogen-bond donors (Lipinski definition) is 0. The van der Waals surface area contributed by atoms with Gasteiger partial charge in [-0.1, -0.05) is 221 Å². The number of esters is 3. The lowest BCUT2D eigenvalue weighted by atomic mass is 10.1. The van der Waals surface area contributed by atoms with E-state index in [1.807, 2.05) is 6.08 Å². The van der Waals surface area contributed by atoms with Crippen LogP contribution in [0, 0.1) is 0 Å². The van der Waals surface area contributed by atoms with Gasteiger partial charge >= 0.3 is 17.9 Å². The average Bonchev–Trinajstić information content (AvgIpc) is 3.30. The van der Waals surface area contributed by atoms with Crippen LogP contribution in [0.1, 0.15) is 239 Å². The molecule has 0 radical (unpaired) electrons. The zero-order valence-electron chi connectivity index (χ0n) is 42.2. The van der Waals surface area contributed by atoms with Gasteiger partial charge in [0.15, 0.2) is 6.10 Å². The lowest BCUT2D eigenvalue weighted by Crippen LogP contribution is -2.30. The van der Waals surface area contributed by atoms with Crippen molar-refractivity contribution < 1.29 is 28.6 Å². The first-order valence-electron chi connectivity index (χ1n) is 26.8. The van der Waals surface area contributed by atoms with Crippen LogP contribution in [0.3, 0.4) is 0 Å². The van der Waals surface area contributed by atoms with E-state index in [9.17, 15) is 14.4 Å². The number of carbonyl (C=O) groups is 3. The molecule has 370 valence electrons. The van der Waals surface area contributed by atoms with Crippen LogP contribution < -0.4 is 0 Å². The topological polar surface area (TPSA) is 78.9 Å². The molecule has 0 spiro atoms. The highest BCUT2D eigenvalue weighted by Gasteiger charge is 2.19. The minimum absolute atomic E-state index is 0.112. The summed E-state index contributed by atoms with van der Waals surface area (Å²) in [5.74, 6) is -1.01. The summed E-state index contributed by atoms with van der Waals surface area (Å²) in [4.78, 5) is 38.0. The van der Waals surface area contributed by atoms with Gasteiger partial charge in [0.05, 0.1) is 0 Å². The zero-order chi connectivity index (χ0) is 47.2. The predicted molar refractivity (Wildman–Crippen MR) is 279 cm³/mol. The predicted octanol–water partition coefficient (Wildman–Crippen LogP) is 17.8. The second kappa shape index (κ2) is 52.9. The molecule has 0 aromatic heterocycles. The number of carbonyl (C=O) groups excluding carboxylic acids is 3. The van der Waals surface area contributed by atoms with Gasteiger partial charge in [-0.25, -0.2) is 0 Å². The fraction of sp³-hybridized carbons (Fsp3) is 0.678. The maximum atomic E-state index is 12.8. The highest BCUT2D eigenvalue weighted by Crippen LogP contribution is 2.13. The number of allylic oxidation sites excluding steroid dienone is 16. The van der Waals surface area contributed by atoms with Crippen LogP contribution in [0.5, 0.6) is 0 Å². The summed E-state index contributed by atoms with van der Waals surface area (Å²) in [7, 11) is 0. The molecule has 0 heterocycles. The Labute approximate surface area is 400 Å². The largest absolute Gasteiger partial charge is 0.462 e. The SMILES string of the molecule is CC/C=C/C/C=C/C/C=C/CCCCCCCCC(=O)OC(COC(=O)CC/C=C/C/C=C/CCCCCCCC)COC(=O)CCCCCCC/C=C/C=C/C=C/CCCCCCC. The summed E-state index contributed by atoms with van der Waals surface area (Å²) in [6, 6.07) is 0. The van der Waals surface area contributed by atoms with Crippen LogP contribution in [-0.2, 0) is 28.6 Å². The third-order valence-corrected chi connectivity index (χ3v) is 11.1. The molecule has 0 N–H and O–H groups in total. The average molecular weight is 903 g/mol. The minimum atomic E-state index is -0.816. The summed E-state index contributed by atoms with van der Waals surface area (Å²) >= 11 is 0. The lowest BCUT2D eigenvalue weighted by molar-refractivity contribution is -0.166. The fourth-order valence-electron chi connectivity index (χ4n) is 7.10. The maximum Gasteiger partial charge on any atom is 0.306 e. The monoisotopic (exact) mass is 903 g/mol. The number of ether oxygens (including phenoxy) is 3. The van der Waals surface area contributed by atoms with Gasteiger partial charge in [-0.05, 0) is 96.3 Å². The molecular weight excluding hydrogens is 805 g/mol. The van der Waals surface area contributed by atoms with Gasteiger partial charge in [0.25, 0.3) is 0 Å². The van der Waals surface area contributed by atoms with Crippen LogP contribution in [-0.4, -0.2) is 37.2 Å². The second-order valence-electron chi connectivity index (χ2n) is 17.5. The lowest BCUT2D eigenvalue weighted by Gasteiger charge is -2.18. The fourth-order valence-corrected chi connectivity index (χ4v) is 7.10. The van der Waals surface area contributed by atoms with E-state index >= 15 is 0 Å². The van der Waals surface area contributed by atoms with Crippen molar-refractivity contribution in [1.82, 2.24) is 0 Å². The highest BCUT2D eigenvalue weighted by molar-refractivity contribution is 5.71. The van der Waals surface area contributed by atoms with E-state index in [4.69, 9.17) is 14.2 Å². The summed E-state index contributed by atoms with van der Waals surface area (Å²) < 4.78 is 16.7. The molecule has 0 aliphatic rings. The first-order chi connectivity index (χ1) is 32.0. The molecule has 0 saturated carbocycles. The van der Waals surface area contributed by atoms with E-state index in [2.05, 4.69) is 112 Å². The van der Waals surface area contributed by atoms with E-state index in [0.29, 0.717) is 19.3 Å². The molecule has 0 saturated heterocycles. The molecule has 0 aromatic rings. The normalized spacial score (nSPS) is 12.8. The Balaban J connectivity index is 4.51. The third kappa shape index (κ3) is 51.2. The Morgan fingerprint density at radius 1 is 0.338 bits per heavy atom. The zero-order valence-corrected chi connectivity index (χ0v) is 42.2. The molecule has 1 unspecified atom stereocenters. The first-order valence-corrected chi connectivity index (χ1v) is 26.8. The molecule has 65 heavy (non-hydrogen) atoms. The van der Waals surface area contributed by atoms with Gasteiger partial charge in [0.2, 0.25) is 0 Å². The Morgan fingerprint density at radius 2 is 0.692 bits per heavy atom. The van der Waals surface area contributed by atoms with Crippen molar-refractivity contribution in [1.29, 1.82) is 0 Å². The molecule has 0 rings (SSSR count). The second-order valence-corrected chi connectivity index (χ2v) is 17.5. The van der Waals surface area contributed by atoms with Crippen molar-refractivity contribution in [3.63, 3.8) is 0 Å². The van der Waals surface area contributed by atoms with Gasteiger partial charge in [-0.3, -0.25) is 14.4 Å². The number of rotatable bonds is 47. The standard InChI is InChI=1S/C59H98O6/c1-4-7-10-13-16-19-22-25-27-29-30-32-34-37-40-43-46-49-52-58(61)64-55-56(54-63-57(60)51-48-45-42-39-36-33-24-21-18-15-12-9-6-3)65-59(62)53-50-47-44-41-38-35-31-28-26-23-20-17-14-11-8-5-2/h8,11,17,20,22,25-30,32-33,36,42,45,56H,4-7,9-10,12-16,18-19,21,23-24,31,34-35,37-41,43-44,46-55H2,1-3H3/b11-8+,20-17+,25-22+,28-26+,29-27+,32-30+,36-33+,45-42+. The molecule has 0 aliphatic carbocycles. The van der Waals surface area contributed by atoms with Crippen LogP contribution in [0.25, 0.3) is 0 Å². The Kier molecular flexibility index (Phi) is 50.0. The van der Waals surface area contributed by atoms with E-state index in [1.165, 1.54) is 83.5 Å². The van der Waals surface area contributed by atoms with E-state index in [0.717, 1.165) is 109 Å². The van der Waals surface area contributed by atoms with Crippen LogP contribution in [0.4, 0.5) is 0 Å². The van der Waals surface area contributed by atoms with Gasteiger partial charge in [-0.2, -0.15) is 0 Å². The first kappa shape index (κ1) is 61.3. The molecule has 6 nitrogen and oxygen atoms in total. The molecular formula is C59H98O6. The third-order valence-electron chi connectivity index (χ3n) is 11.1. The van der Waals surface area contributed by atoms with Gasteiger partial charge < -0.3 is 14.2 Å².